The Balaban J connectivity index is 1.90. The van der Waals surface area contributed by atoms with E-state index in [2.05, 4.69) is 4.99 Å². The molecular weight excluding hydrogens is 310 g/mol. The van der Waals surface area contributed by atoms with E-state index in [0.29, 0.717) is 22.8 Å². The summed E-state index contributed by atoms with van der Waals surface area (Å²) in [5, 5.41) is 2.71. The molecular formula is C16H15F4N3. The quantitative estimate of drug-likeness (QED) is 0.769. The highest BCUT2D eigenvalue weighted by Gasteiger charge is 2.45. The average molecular weight is 325 g/mol. The molecule has 0 aliphatic carbocycles. The number of fused-ring (bicyclic) bond motifs is 1. The lowest BCUT2D eigenvalue weighted by atomic mass is 10.1. The summed E-state index contributed by atoms with van der Waals surface area (Å²) in [5.74, 6) is 0.109. The van der Waals surface area contributed by atoms with Gasteiger partial charge in [0.2, 0.25) is 0 Å². The first-order valence-corrected chi connectivity index (χ1v) is 7.14. The van der Waals surface area contributed by atoms with Gasteiger partial charge in [-0.1, -0.05) is 0 Å². The van der Waals surface area contributed by atoms with Gasteiger partial charge in [0, 0.05) is 17.8 Å². The number of nitrogens with zero attached hydrogens (tertiary/aromatic N) is 3. The number of halogens is 4. The smallest absolute Gasteiger partial charge is 0.261 e. The fraction of sp³-hybridized carbons (Fsp3) is 0.312. The SMILES string of the molecule is CC1=CC(c2ccc(F)cc2)=NC2=CCN([C@@H](C)C(F)(F)F)N12. The molecule has 0 amide bonds. The summed E-state index contributed by atoms with van der Waals surface area (Å²) in [6.07, 6.45) is -0.960. The van der Waals surface area contributed by atoms with Crippen LogP contribution in [0.1, 0.15) is 19.4 Å². The highest BCUT2D eigenvalue weighted by atomic mass is 19.4. The Morgan fingerprint density at radius 1 is 1.17 bits per heavy atom. The van der Waals surface area contributed by atoms with Crippen molar-refractivity contribution in [3.63, 3.8) is 0 Å². The number of benzene rings is 1. The lowest BCUT2D eigenvalue weighted by Crippen LogP contribution is -2.49. The second kappa shape index (κ2) is 5.49. The molecule has 7 heteroatoms. The molecule has 2 aliphatic rings. The molecule has 0 fully saturated rings. The van der Waals surface area contributed by atoms with Crippen LogP contribution in [-0.4, -0.2) is 34.5 Å². The second-order valence-electron chi connectivity index (χ2n) is 5.50. The van der Waals surface area contributed by atoms with E-state index in [4.69, 9.17) is 0 Å². The summed E-state index contributed by atoms with van der Waals surface area (Å²) in [4.78, 5) is 4.40. The lowest BCUT2D eigenvalue weighted by molar-refractivity contribution is -0.201. The molecule has 0 spiro atoms. The van der Waals surface area contributed by atoms with Crippen LogP contribution in [0.15, 0.2) is 52.9 Å². The van der Waals surface area contributed by atoms with Crippen molar-refractivity contribution in [2.45, 2.75) is 26.1 Å². The molecule has 1 aromatic carbocycles. The molecule has 0 bridgehead atoms. The maximum Gasteiger partial charge on any atom is 0.405 e. The van der Waals surface area contributed by atoms with Gasteiger partial charge in [-0.15, -0.1) is 0 Å². The summed E-state index contributed by atoms with van der Waals surface area (Å²) < 4.78 is 52.0. The molecule has 3 nitrogen and oxygen atoms in total. The Labute approximate surface area is 131 Å². The van der Waals surface area contributed by atoms with Gasteiger partial charge in [0.25, 0.3) is 0 Å². The Kier molecular flexibility index (Phi) is 3.75. The number of aliphatic imine (C=N–C) groups is 1. The van der Waals surface area contributed by atoms with Gasteiger partial charge in [-0.3, -0.25) is 5.01 Å². The molecule has 0 radical (unpaired) electrons. The third kappa shape index (κ3) is 2.88. The van der Waals surface area contributed by atoms with Crippen LogP contribution in [0, 0.1) is 5.82 Å². The molecule has 0 saturated heterocycles. The Morgan fingerprint density at radius 3 is 2.43 bits per heavy atom. The van der Waals surface area contributed by atoms with Gasteiger partial charge < -0.3 is 0 Å². The number of hydrazine groups is 1. The number of alkyl halides is 3. The average Bonchev–Trinajstić information content (AvgIpc) is 2.90. The highest BCUT2D eigenvalue weighted by molar-refractivity contribution is 6.10. The predicted molar refractivity (Wildman–Crippen MR) is 78.8 cm³/mol. The van der Waals surface area contributed by atoms with Crippen LogP contribution in [0.2, 0.25) is 0 Å². The Bertz CT molecular complexity index is 701. The van der Waals surface area contributed by atoms with Crippen LogP contribution in [0.4, 0.5) is 17.6 Å². The summed E-state index contributed by atoms with van der Waals surface area (Å²) in [6.45, 7) is 3.00. The fourth-order valence-electron chi connectivity index (χ4n) is 2.63. The van der Waals surface area contributed by atoms with Crippen LogP contribution in [-0.2, 0) is 0 Å². The highest BCUT2D eigenvalue weighted by Crippen LogP contribution is 2.34. The summed E-state index contributed by atoms with van der Waals surface area (Å²) in [5.41, 5.74) is 1.96. The lowest BCUT2D eigenvalue weighted by Gasteiger charge is -2.38. The molecule has 0 saturated carbocycles. The molecule has 1 atom stereocenters. The Morgan fingerprint density at radius 2 is 1.83 bits per heavy atom. The van der Waals surface area contributed by atoms with E-state index < -0.39 is 12.2 Å². The minimum absolute atomic E-state index is 0.140. The molecule has 0 aromatic heterocycles. The maximum atomic E-state index is 13.0. The van der Waals surface area contributed by atoms with Crippen molar-refractivity contribution >= 4 is 5.71 Å². The summed E-state index contributed by atoms with van der Waals surface area (Å²) >= 11 is 0. The molecule has 1 aromatic rings. The first kappa shape index (κ1) is 15.7. The topological polar surface area (TPSA) is 18.8 Å². The van der Waals surface area contributed by atoms with Crippen LogP contribution in [0.3, 0.4) is 0 Å². The van der Waals surface area contributed by atoms with Crippen molar-refractivity contribution in [3.05, 3.63) is 59.3 Å². The van der Waals surface area contributed by atoms with E-state index in [0.717, 1.165) is 6.92 Å². The number of hydrogen-bond acceptors (Lipinski definition) is 3. The van der Waals surface area contributed by atoms with Gasteiger partial charge in [-0.25, -0.2) is 9.38 Å². The zero-order valence-electron chi connectivity index (χ0n) is 12.6. The van der Waals surface area contributed by atoms with Crippen LogP contribution >= 0.6 is 0 Å². The standard InChI is InChI=1S/C16H15F4N3/c1-10-9-14(12-3-5-13(17)6-4-12)21-15-7-8-22(23(10)15)11(2)16(18,19)20/h3-7,9,11H,8H2,1-2H3/t11-/m0/s1. The van der Waals surface area contributed by atoms with Crippen molar-refractivity contribution < 1.29 is 17.6 Å². The predicted octanol–water partition coefficient (Wildman–Crippen LogP) is 3.86. The number of hydrogen-bond donors (Lipinski definition) is 0. The van der Waals surface area contributed by atoms with Gasteiger partial charge in [-0.2, -0.15) is 18.2 Å². The van der Waals surface area contributed by atoms with Crippen molar-refractivity contribution in [2.75, 3.05) is 6.54 Å². The van der Waals surface area contributed by atoms with E-state index in [1.807, 2.05) is 0 Å². The molecule has 0 unspecified atom stereocenters. The first-order chi connectivity index (χ1) is 10.8. The van der Waals surface area contributed by atoms with Gasteiger partial charge in [0.05, 0.1) is 5.71 Å². The summed E-state index contributed by atoms with van der Waals surface area (Å²) in [6, 6.07) is 4.24. The van der Waals surface area contributed by atoms with E-state index in [9.17, 15) is 17.6 Å². The van der Waals surface area contributed by atoms with Crippen LogP contribution in [0.5, 0.6) is 0 Å². The van der Waals surface area contributed by atoms with Crippen molar-refractivity contribution in [1.82, 2.24) is 10.0 Å². The third-order valence-corrected chi connectivity index (χ3v) is 3.91. The number of rotatable bonds is 2. The van der Waals surface area contributed by atoms with E-state index in [-0.39, 0.29) is 12.4 Å². The van der Waals surface area contributed by atoms with Crippen molar-refractivity contribution in [1.29, 1.82) is 0 Å². The normalized spacial score (nSPS) is 19.9. The molecule has 0 N–H and O–H groups in total. The van der Waals surface area contributed by atoms with Crippen LogP contribution in [0.25, 0.3) is 0 Å². The minimum atomic E-state index is -4.31. The van der Waals surface area contributed by atoms with Gasteiger partial charge in [0.1, 0.15) is 17.7 Å². The third-order valence-electron chi connectivity index (χ3n) is 3.91. The van der Waals surface area contributed by atoms with E-state index in [1.54, 1.807) is 31.2 Å². The number of allylic oxidation sites excluding steroid dienone is 2. The molecule has 2 aliphatic heterocycles. The zero-order valence-corrected chi connectivity index (χ0v) is 12.6. The molecule has 122 valence electrons. The van der Waals surface area contributed by atoms with Gasteiger partial charge in [0.15, 0.2) is 0 Å². The largest absolute Gasteiger partial charge is 0.405 e. The van der Waals surface area contributed by atoms with Crippen molar-refractivity contribution in [2.24, 2.45) is 4.99 Å². The van der Waals surface area contributed by atoms with Crippen LogP contribution < -0.4 is 0 Å². The van der Waals surface area contributed by atoms with Gasteiger partial charge >= 0.3 is 6.18 Å². The van der Waals surface area contributed by atoms with E-state index in [1.165, 1.54) is 22.2 Å². The monoisotopic (exact) mass is 325 g/mol. The van der Waals surface area contributed by atoms with Gasteiger partial charge in [-0.05, 0) is 50.3 Å². The maximum absolute atomic E-state index is 13.0. The molecule has 3 rings (SSSR count). The second-order valence-corrected chi connectivity index (χ2v) is 5.50. The Hall–Kier alpha value is -2.15. The summed E-state index contributed by atoms with van der Waals surface area (Å²) in [7, 11) is 0. The molecule has 23 heavy (non-hydrogen) atoms. The van der Waals surface area contributed by atoms with E-state index >= 15 is 0 Å². The fourth-order valence-corrected chi connectivity index (χ4v) is 2.63. The zero-order chi connectivity index (χ0) is 16.8. The minimum Gasteiger partial charge on any atom is -0.261 e. The molecule has 2 heterocycles. The first-order valence-electron chi connectivity index (χ1n) is 7.14. The van der Waals surface area contributed by atoms with Crippen molar-refractivity contribution in [3.8, 4) is 0 Å².